The number of carbonyl (C=O) groups is 2. The Bertz CT molecular complexity index is 1160. The first-order valence-corrected chi connectivity index (χ1v) is 12.3. The van der Waals surface area contributed by atoms with Gasteiger partial charge in [0.05, 0.1) is 7.11 Å². The van der Waals surface area contributed by atoms with E-state index in [9.17, 15) is 9.59 Å². The van der Waals surface area contributed by atoms with E-state index in [4.69, 9.17) is 4.74 Å². The Kier molecular flexibility index (Phi) is 7.65. The van der Waals surface area contributed by atoms with E-state index < -0.39 is 0 Å². The molecule has 3 aromatic rings. The van der Waals surface area contributed by atoms with Gasteiger partial charge in [-0.2, -0.15) is 0 Å². The number of rotatable bonds is 9. The minimum Gasteiger partial charge on any atom is -0.497 e. The van der Waals surface area contributed by atoms with Crippen LogP contribution in [0.25, 0.3) is 6.08 Å². The van der Waals surface area contributed by atoms with Crippen molar-refractivity contribution in [1.29, 1.82) is 0 Å². The molecule has 176 valence electrons. The second kappa shape index (κ2) is 11.0. The topological polar surface area (TPSA) is 70.7 Å². The number of carbonyl (C=O) groups excluding carboxylic acids is 2. The Balaban J connectivity index is 1.36. The molecule has 1 aliphatic heterocycles. The molecule has 2 aromatic carbocycles. The molecule has 34 heavy (non-hydrogen) atoms. The fourth-order valence-corrected chi connectivity index (χ4v) is 4.79. The van der Waals surface area contributed by atoms with Crippen molar-refractivity contribution in [2.45, 2.75) is 25.8 Å². The van der Waals surface area contributed by atoms with Crippen molar-refractivity contribution in [3.8, 4) is 5.75 Å². The van der Waals surface area contributed by atoms with Crippen molar-refractivity contribution in [1.82, 2.24) is 10.6 Å². The normalized spacial score (nSPS) is 15.1. The van der Waals surface area contributed by atoms with Crippen LogP contribution in [0.3, 0.4) is 0 Å². The summed E-state index contributed by atoms with van der Waals surface area (Å²) in [6.45, 7) is 3.61. The number of thiophene rings is 1. The van der Waals surface area contributed by atoms with Crippen LogP contribution in [0.15, 0.2) is 71.7 Å². The average molecular weight is 476 g/mol. The van der Waals surface area contributed by atoms with Crippen LogP contribution in [0.4, 0.5) is 5.69 Å². The summed E-state index contributed by atoms with van der Waals surface area (Å²) in [6.07, 6.45) is 3.57. The van der Waals surface area contributed by atoms with E-state index in [-0.39, 0.29) is 17.5 Å². The Morgan fingerprint density at radius 2 is 1.91 bits per heavy atom. The smallest absolute Gasteiger partial charge is 0.267 e. The van der Waals surface area contributed by atoms with E-state index in [1.807, 2.05) is 17.5 Å². The van der Waals surface area contributed by atoms with Gasteiger partial charge >= 0.3 is 0 Å². The van der Waals surface area contributed by atoms with E-state index in [1.54, 1.807) is 37.5 Å². The van der Waals surface area contributed by atoms with Gasteiger partial charge in [-0.3, -0.25) is 9.59 Å². The lowest BCUT2D eigenvalue weighted by molar-refractivity contribution is -0.117. The zero-order chi connectivity index (χ0) is 23.9. The number of nitrogens with one attached hydrogen (secondary N) is 2. The quantitative estimate of drug-likeness (QED) is 0.354. The number of nitrogens with zero attached hydrogens (tertiary/aromatic N) is 1. The number of hydrogen-bond donors (Lipinski definition) is 2. The van der Waals surface area contributed by atoms with Crippen LogP contribution in [0.2, 0.25) is 0 Å². The minimum atomic E-state index is -0.344. The van der Waals surface area contributed by atoms with Crippen molar-refractivity contribution in [3.05, 3.63) is 87.7 Å². The molecule has 4 rings (SSSR count). The Morgan fingerprint density at radius 1 is 1.12 bits per heavy atom. The molecule has 0 saturated heterocycles. The van der Waals surface area contributed by atoms with Crippen molar-refractivity contribution >= 4 is 34.9 Å². The summed E-state index contributed by atoms with van der Waals surface area (Å²) in [5.74, 6) is 0.0202. The summed E-state index contributed by atoms with van der Waals surface area (Å²) >= 11 is 1.50. The van der Waals surface area contributed by atoms with Gasteiger partial charge in [0, 0.05) is 35.3 Å². The Hall–Kier alpha value is -3.58. The first kappa shape index (κ1) is 23.6. The van der Waals surface area contributed by atoms with E-state index >= 15 is 0 Å². The van der Waals surface area contributed by atoms with Gasteiger partial charge in [-0.1, -0.05) is 24.3 Å². The molecule has 0 saturated carbocycles. The molecule has 1 aromatic heterocycles. The van der Waals surface area contributed by atoms with Crippen molar-refractivity contribution in [3.63, 3.8) is 0 Å². The fraction of sp³-hybridized carbons (Fsp3) is 0.259. The SMILES string of the molecule is COc1ccc(C(=O)N/C(=C\c2cccs2)C(=O)NCCCN2c3ccccc3C[C@@H]2C)cc1. The number of methoxy groups -OCH3 is 1. The third-order valence-corrected chi connectivity index (χ3v) is 6.70. The number of benzene rings is 2. The Morgan fingerprint density at radius 3 is 2.65 bits per heavy atom. The first-order valence-electron chi connectivity index (χ1n) is 11.4. The lowest BCUT2D eigenvalue weighted by Crippen LogP contribution is -2.37. The van der Waals surface area contributed by atoms with E-state index in [0.29, 0.717) is 23.9 Å². The van der Waals surface area contributed by atoms with Crippen LogP contribution in [-0.2, 0) is 11.2 Å². The maximum Gasteiger partial charge on any atom is 0.267 e. The largest absolute Gasteiger partial charge is 0.497 e. The molecule has 2 amide bonds. The Labute approximate surface area is 204 Å². The highest BCUT2D eigenvalue weighted by Crippen LogP contribution is 2.31. The number of anilines is 1. The molecular formula is C27H29N3O3S. The predicted molar refractivity (Wildman–Crippen MR) is 137 cm³/mol. The molecule has 2 N–H and O–H groups in total. The molecule has 1 aliphatic rings. The van der Waals surface area contributed by atoms with Gasteiger partial charge in [-0.25, -0.2) is 0 Å². The molecule has 0 radical (unpaired) electrons. The number of amides is 2. The van der Waals surface area contributed by atoms with Crippen LogP contribution in [0.5, 0.6) is 5.75 Å². The van der Waals surface area contributed by atoms with E-state index in [1.165, 1.54) is 22.6 Å². The maximum atomic E-state index is 13.0. The van der Waals surface area contributed by atoms with Crippen LogP contribution in [0, 0.1) is 0 Å². The molecule has 0 fully saturated rings. The molecule has 0 spiro atoms. The standard InChI is InChI=1S/C27H29N3O3S/c1-19-17-21-7-3-4-9-25(21)30(19)15-6-14-28-27(32)24(18-23-8-5-16-34-23)29-26(31)20-10-12-22(33-2)13-11-20/h3-5,7-13,16,18-19H,6,14-15,17H2,1-2H3,(H,28,32)(H,29,31)/b24-18-/t19-/m0/s1. The van der Waals surface area contributed by atoms with Gasteiger partial charge in [-0.05, 0) is 73.2 Å². The lowest BCUT2D eigenvalue weighted by Gasteiger charge is -2.25. The monoisotopic (exact) mass is 475 g/mol. The summed E-state index contributed by atoms with van der Waals surface area (Å²) in [5.41, 5.74) is 3.34. The minimum absolute atomic E-state index is 0.225. The predicted octanol–water partition coefficient (Wildman–Crippen LogP) is 4.49. The second-order valence-electron chi connectivity index (χ2n) is 8.24. The van der Waals surface area contributed by atoms with Gasteiger partial charge in [0.1, 0.15) is 11.4 Å². The summed E-state index contributed by atoms with van der Waals surface area (Å²) in [5, 5.41) is 7.68. The maximum absolute atomic E-state index is 13.0. The van der Waals surface area contributed by atoms with Crippen LogP contribution < -0.4 is 20.3 Å². The number of para-hydroxylation sites is 1. The number of fused-ring (bicyclic) bond motifs is 1. The molecule has 6 nitrogen and oxygen atoms in total. The third-order valence-electron chi connectivity index (χ3n) is 5.88. The number of hydrogen-bond acceptors (Lipinski definition) is 5. The zero-order valence-corrected chi connectivity index (χ0v) is 20.2. The number of ether oxygens (including phenoxy) is 1. The lowest BCUT2D eigenvalue weighted by atomic mass is 10.1. The van der Waals surface area contributed by atoms with Gasteiger partial charge in [-0.15, -0.1) is 11.3 Å². The summed E-state index contributed by atoms with van der Waals surface area (Å²) in [7, 11) is 1.57. The molecule has 0 aliphatic carbocycles. The van der Waals surface area contributed by atoms with Crippen molar-refractivity contribution < 1.29 is 14.3 Å². The highest BCUT2D eigenvalue weighted by molar-refractivity contribution is 7.10. The molecule has 0 unspecified atom stereocenters. The van der Waals surface area contributed by atoms with Crippen LogP contribution in [0.1, 0.15) is 34.1 Å². The molecular weight excluding hydrogens is 446 g/mol. The summed E-state index contributed by atoms with van der Waals surface area (Å²) < 4.78 is 5.15. The zero-order valence-electron chi connectivity index (χ0n) is 19.4. The van der Waals surface area contributed by atoms with Crippen molar-refractivity contribution in [2.75, 3.05) is 25.1 Å². The van der Waals surface area contributed by atoms with E-state index in [0.717, 1.165) is 24.3 Å². The highest BCUT2D eigenvalue weighted by Gasteiger charge is 2.24. The second-order valence-corrected chi connectivity index (χ2v) is 9.22. The van der Waals surface area contributed by atoms with Gasteiger partial charge in [0.15, 0.2) is 0 Å². The van der Waals surface area contributed by atoms with Gasteiger partial charge < -0.3 is 20.3 Å². The molecule has 2 heterocycles. The molecule has 0 bridgehead atoms. The van der Waals surface area contributed by atoms with Gasteiger partial charge in [0.25, 0.3) is 11.8 Å². The van der Waals surface area contributed by atoms with E-state index in [2.05, 4.69) is 46.7 Å². The van der Waals surface area contributed by atoms with Crippen molar-refractivity contribution in [2.24, 2.45) is 0 Å². The van der Waals surface area contributed by atoms with Crippen LogP contribution in [-0.4, -0.2) is 38.1 Å². The molecule has 1 atom stereocenters. The molecule has 7 heteroatoms. The fourth-order valence-electron chi connectivity index (χ4n) is 4.13. The summed E-state index contributed by atoms with van der Waals surface area (Å²) in [4.78, 5) is 29.0. The van der Waals surface area contributed by atoms with Crippen LogP contribution >= 0.6 is 11.3 Å². The van der Waals surface area contributed by atoms with Gasteiger partial charge in [0.2, 0.25) is 0 Å². The third kappa shape index (κ3) is 5.66. The first-order chi connectivity index (χ1) is 16.5. The highest BCUT2D eigenvalue weighted by atomic mass is 32.1. The average Bonchev–Trinajstić information content (AvgIpc) is 3.48. The summed E-state index contributed by atoms with van der Waals surface area (Å²) in [6, 6.07) is 19.5.